The standard InChI is InChI=1S/C13H17Cl2N3O/c1-17-4-6-18(7-5-17)13(19)16-9-10-8-11(14)2-3-12(10)15/h2-3,8H,4-7,9H2,1H3,(H,16,19). The summed E-state index contributed by atoms with van der Waals surface area (Å²) in [6, 6.07) is 5.19. The van der Waals surface area contributed by atoms with Crippen LogP contribution in [0.3, 0.4) is 0 Å². The van der Waals surface area contributed by atoms with E-state index in [0.29, 0.717) is 16.6 Å². The average Bonchev–Trinajstić information content (AvgIpc) is 2.40. The predicted molar refractivity (Wildman–Crippen MR) is 77.8 cm³/mol. The number of carbonyl (C=O) groups excluding carboxylic acids is 1. The van der Waals surface area contributed by atoms with Crippen LogP contribution in [0.1, 0.15) is 5.56 Å². The van der Waals surface area contributed by atoms with Crippen molar-refractivity contribution < 1.29 is 4.79 Å². The molecule has 1 saturated heterocycles. The predicted octanol–water partition coefficient (Wildman–Crippen LogP) is 2.45. The Balaban J connectivity index is 1.88. The van der Waals surface area contributed by atoms with Gasteiger partial charge in [-0.2, -0.15) is 0 Å². The number of hydrogen-bond donors (Lipinski definition) is 1. The number of carbonyl (C=O) groups is 1. The fourth-order valence-corrected chi connectivity index (χ4v) is 2.35. The van der Waals surface area contributed by atoms with Gasteiger partial charge < -0.3 is 15.1 Å². The quantitative estimate of drug-likeness (QED) is 0.911. The number of halogens is 2. The van der Waals surface area contributed by atoms with Gasteiger partial charge in [0.1, 0.15) is 0 Å². The highest BCUT2D eigenvalue weighted by atomic mass is 35.5. The lowest BCUT2D eigenvalue weighted by atomic mass is 10.2. The smallest absolute Gasteiger partial charge is 0.317 e. The van der Waals surface area contributed by atoms with E-state index in [0.717, 1.165) is 31.7 Å². The highest BCUT2D eigenvalue weighted by molar-refractivity contribution is 6.33. The molecule has 4 nitrogen and oxygen atoms in total. The second-order valence-electron chi connectivity index (χ2n) is 4.68. The van der Waals surface area contributed by atoms with E-state index < -0.39 is 0 Å². The first-order valence-electron chi connectivity index (χ1n) is 6.21. The minimum absolute atomic E-state index is 0.0517. The average molecular weight is 302 g/mol. The van der Waals surface area contributed by atoms with E-state index in [1.807, 2.05) is 4.90 Å². The number of nitrogens with one attached hydrogen (secondary N) is 1. The Bertz CT molecular complexity index is 459. The van der Waals surface area contributed by atoms with E-state index in [1.165, 1.54) is 0 Å². The summed E-state index contributed by atoms with van der Waals surface area (Å²) in [5.41, 5.74) is 0.830. The minimum Gasteiger partial charge on any atom is -0.334 e. The van der Waals surface area contributed by atoms with Gasteiger partial charge in [-0.3, -0.25) is 0 Å². The third-order valence-corrected chi connectivity index (χ3v) is 3.83. The molecule has 1 aliphatic rings. The van der Waals surface area contributed by atoms with Crippen LogP contribution in [0.5, 0.6) is 0 Å². The molecule has 2 rings (SSSR count). The van der Waals surface area contributed by atoms with Crippen molar-refractivity contribution in [3.05, 3.63) is 33.8 Å². The zero-order valence-electron chi connectivity index (χ0n) is 10.8. The molecule has 0 bridgehead atoms. The van der Waals surface area contributed by atoms with Gasteiger partial charge in [-0.15, -0.1) is 0 Å². The van der Waals surface area contributed by atoms with Crippen LogP contribution in [0, 0.1) is 0 Å². The number of piperazine rings is 1. The first-order valence-corrected chi connectivity index (χ1v) is 6.97. The molecular weight excluding hydrogens is 285 g/mol. The zero-order valence-corrected chi connectivity index (χ0v) is 12.3. The van der Waals surface area contributed by atoms with Gasteiger partial charge in [0, 0.05) is 42.8 Å². The molecule has 0 radical (unpaired) electrons. The number of benzene rings is 1. The lowest BCUT2D eigenvalue weighted by Gasteiger charge is -2.32. The monoisotopic (exact) mass is 301 g/mol. The molecule has 6 heteroatoms. The summed E-state index contributed by atoms with van der Waals surface area (Å²) in [5, 5.41) is 4.11. The Morgan fingerprint density at radius 3 is 2.63 bits per heavy atom. The summed E-state index contributed by atoms with van der Waals surface area (Å²) >= 11 is 12.0. The molecule has 104 valence electrons. The zero-order chi connectivity index (χ0) is 13.8. The summed E-state index contributed by atoms with van der Waals surface area (Å²) < 4.78 is 0. The van der Waals surface area contributed by atoms with E-state index in [9.17, 15) is 4.79 Å². The van der Waals surface area contributed by atoms with E-state index in [2.05, 4.69) is 17.3 Å². The van der Waals surface area contributed by atoms with E-state index >= 15 is 0 Å². The Kier molecular flexibility index (Phi) is 4.91. The second-order valence-corrected chi connectivity index (χ2v) is 5.53. The molecule has 1 N–H and O–H groups in total. The van der Waals surface area contributed by atoms with Gasteiger partial charge in [-0.05, 0) is 30.8 Å². The number of nitrogens with zero attached hydrogens (tertiary/aromatic N) is 2. The number of rotatable bonds is 2. The van der Waals surface area contributed by atoms with Gasteiger partial charge in [0.05, 0.1) is 0 Å². The summed E-state index contributed by atoms with van der Waals surface area (Å²) in [5.74, 6) is 0. The largest absolute Gasteiger partial charge is 0.334 e. The first kappa shape index (κ1) is 14.4. The molecule has 1 aliphatic heterocycles. The van der Waals surface area contributed by atoms with Crippen LogP contribution >= 0.6 is 23.2 Å². The molecule has 1 fully saturated rings. The van der Waals surface area contributed by atoms with Gasteiger partial charge in [0.15, 0.2) is 0 Å². The molecule has 0 atom stereocenters. The normalized spacial score (nSPS) is 16.5. The Labute approximate surface area is 123 Å². The number of likely N-dealkylation sites (N-methyl/N-ethyl adjacent to an activating group) is 1. The third kappa shape index (κ3) is 4.00. The van der Waals surface area contributed by atoms with Crippen molar-refractivity contribution in [2.45, 2.75) is 6.54 Å². The molecule has 19 heavy (non-hydrogen) atoms. The Morgan fingerprint density at radius 1 is 1.26 bits per heavy atom. The van der Waals surface area contributed by atoms with Crippen LogP contribution in [0.2, 0.25) is 10.0 Å². The number of amides is 2. The molecule has 0 saturated carbocycles. The van der Waals surface area contributed by atoms with Crippen molar-refractivity contribution >= 4 is 29.2 Å². The van der Waals surface area contributed by atoms with Crippen molar-refractivity contribution in [2.24, 2.45) is 0 Å². The van der Waals surface area contributed by atoms with E-state index in [4.69, 9.17) is 23.2 Å². The van der Waals surface area contributed by atoms with Gasteiger partial charge in [-0.1, -0.05) is 23.2 Å². The van der Waals surface area contributed by atoms with Crippen LogP contribution in [0.4, 0.5) is 4.79 Å². The van der Waals surface area contributed by atoms with Crippen LogP contribution in [-0.4, -0.2) is 49.1 Å². The second kappa shape index (κ2) is 6.46. The maximum Gasteiger partial charge on any atom is 0.317 e. The molecule has 0 aliphatic carbocycles. The van der Waals surface area contributed by atoms with Crippen molar-refractivity contribution in [2.75, 3.05) is 33.2 Å². The molecule has 1 aromatic carbocycles. The Hall–Kier alpha value is -0.970. The fourth-order valence-electron chi connectivity index (χ4n) is 1.97. The SMILES string of the molecule is CN1CCN(C(=O)NCc2cc(Cl)ccc2Cl)CC1. The fraction of sp³-hybridized carbons (Fsp3) is 0.462. The van der Waals surface area contributed by atoms with E-state index in [1.54, 1.807) is 18.2 Å². The summed E-state index contributed by atoms with van der Waals surface area (Å²) in [7, 11) is 2.06. The van der Waals surface area contributed by atoms with Crippen LogP contribution in [0.25, 0.3) is 0 Å². The van der Waals surface area contributed by atoms with Crippen LogP contribution < -0.4 is 5.32 Å². The maximum atomic E-state index is 12.0. The highest BCUT2D eigenvalue weighted by Gasteiger charge is 2.18. The van der Waals surface area contributed by atoms with Crippen molar-refractivity contribution in [3.8, 4) is 0 Å². The lowest BCUT2D eigenvalue weighted by Crippen LogP contribution is -2.50. The highest BCUT2D eigenvalue weighted by Crippen LogP contribution is 2.20. The van der Waals surface area contributed by atoms with Crippen LogP contribution in [0.15, 0.2) is 18.2 Å². The first-order chi connectivity index (χ1) is 9.06. The molecule has 1 heterocycles. The van der Waals surface area contributed by atoms with Crippen molar-refractivity contribution in [3.63, 3.8) is 0 Å². The van der Waals surface area contributed by atoms with Gasteiger partial charge in [0.25, 0.3) is 0 Å². The molecule has 0 unspecified atom stereocenters. The maximum absolute atomic E-state index is 12.0. The summed E-state index contributed by atoms with van der Waals surface area (Å²) in [6.07, 6.45) is 0. The van der Waals surface area contributed by atoms with Gasteiger partial charge in [-0.25, -0.2) is 4.79 Å². The minimum atomic E-state index is -0.0517. The van der Waals surface area contributed by atoms with Gasteiger partial charge in [0.2, 0.25) is 0 Å². The topological polar surface area (TPSA) is 35.6 Å². The van der Waals surface area contributed by atoms with Crippen LogP contribution in [-0.2, 0) is 6.54 Å². The van der Waals surface area contributed by atoms with Crippen molar-refractivity contribution in [1.82, 2.24) is 15.1 Å². The number of hydrogen-bond acceptors (Lipinski definition) is 2. The molecule has 1 aromatic rings. The number of urea groups is 1. The molecule has 0 spiro atoms. The molecule has 0 aromatic heterocycles. The van der Waals surface area contributed by atoms with Gasteiger partial charge >= 0.3 is 6.03 Å². The van der Waals surface area contributed by atoms with Crippen molar-refractivity contribution in [1.29, 1.82) is 0 Å². The lowest BCUT2D eigenvalue weighted by molar-refractivity contribution is 0.154. The Morgan fingerprint density at radius 2 is 1.95 bits per heavy atom. The molecular formula is C13H17Cl2N3O. The summed E-state index contributed by atoms with van der Waals surface area (Å²) in [6.45, 7) is 3.72. The molecule has 2 amide bonds. The third-order valence-electron chi connectivity index (χ3n) is 3.23. The van der Waals surface area contributed by atoms with E-state index in [-0.39, 0.29) is 6.03 Å². The summed E-state index contributed by atoms with van der Waals surface area (Å²) in [4.78, 5) is 16.0.